The van der Waals surface area contributed by atoms with Gasteiger partial charge in [-0.15, -0.1) is 0 Å². The first-order valence-corrected chi connectivity index (χ1v) is 8.67. The number of carbonyl (C=O) groups is 2. The summed E-state index contributed by atoms with van der Waals surface area (Å²) in [4.78, 5) is 23.0. The fourth-order valence-electron chi connectivity index (χ4n) is 1.77. The molecule has 2 rings (SSSR count). The Kier molecular flexibility index (Phi) is 6.05. The van der Waals surface area contributed by atoms with Crippen LogP contribution in [0.25, 0.3) is 0 Å². The molecule has 11 heteroatoms. The van der Waals surface area contributed by atoms with Crippen LogP contribution in [0.3, 0.4) is 0 Å². The molecule has 1 aromatic carbocycles. The molecule has 1 aromatic heterocycles. The normalized spacial score (nSPS) is 10.8. The summed E-state index contributed by atoms with van der Waals surface area (Å²) < 4.78 is 35.6. The van der Waals surface area contributed by atoms with Gasteiger partial charge in [0.2, 0.25) is 10.0 Å². The van der Waals surface area contributed by atoms with Gasteiger partial charge in [-0.25, -0.2) is 8.42 Å². The zero-order valence-electron chi connectivity index (χ0n) is 13.6. The summed E-state index contributed by atoms with van der Waals surface area (Å²) in [6.07, 6.45) is 0. The number of ether oxygens (including phenoxy) is 1. The number of sulfonamides is 1. The van der Waals surface area contributed by atoms with Crippen molar-refractivity contribution in [2.75, 3.05) is 18.5 Å². The van der Waals surface area contributed by atoms with E-state index >= 15 is 0 Å². The Hall–Kier alpha value is -3.23. The molecule has 2 aromatic rings. The maximum atomic E-state index is 12.1. The molecule has 0 saturated carbocycles. The SMILES string of the molecule is Cc1cc(NC(=O)COC(=O)CNS(=O)(=O)c2cccc(C#N)c2)no1. The fourth-order valence-corrected chi connectivity index (χ4v) is 2.79. The van der Waals surface area contributed by atoms with Crippen LogP contribution >= 0.6 is 0 Å². The molecule has 0 spiro atoms. The Morgan fingerprint density at radius 3 is 2.77 bits per heavy atom. The number of nitrogens with one attached hydrogen (secondary N) is 2. The fraction of sp³-hybridized carbons (Fsp3) is 0.200. The van der Waals surface area contributed by atoms with E-state index in [2.05, 4.69) is 15.2 Å². The lowest BCUT2D eigenvalue weighted by molar-refractivity contribution is -0.146. The molecule has 2 N–H and O–H groups in total. The molecular formula is C15H14N4O6S. The number of anilines is 1. The predicted molar refractivity (Wildman–Crippen MR) is 87.2 cm³/mol. The molecule has 0 aliphatic heterocycles. The van der Waals surface area contributed by atoms with E-state index in [-0.39, 0.29) is 16.3 Å². The van der Waals surface area contributed by atoms with Gasteiger partial charge in [0.15, 0.2) is 12.4 Å². The molecule has 0 bridgehead atoms. The highest BCUT2D eigenvalue weighted by atomic mass is 32.2. The van der Waals surface area contributed by atoms with Crippen LogP contribution in [0.15, 0.2) is 39.8 Å². The van der Waals surface area contributed by atoms with Crippen molar-refractivity contribution in [1.29, 1.82) is 5.26 Å². The molecular weight excluding hydrogens is 364 g/mol. The molecule has 0 aliphatic rings. The summed E-state index contributed by atoms with van der Waals surface area (Å²) in [6, 6.07) is 8.59. The van der Waals surface area contributed by atoms with E-state index in [0.717, 1.165) is 0 Å². The number of hydrogen-bond donors (Lipinski definition) is 2. The molecule has 0 atom stereocenters. The third kappa shape index (κ3) is 5.40. The second-order valence-electron chi connectivity index (χ2n) is 5.00. The van der Waals surface area contributed by atoms with Crippen LogP contribution in [0, 0.1) is 18.3 Å². The number of esters is 1. The Balaban J connectivity index is 1.82. The van der Waals surface area contributed by atoms with Gasteiger partial charge in [0.25, 0.3) is 5.91 Å². The quantitative estimate of drug-likeness (QED) is 0.653. The van der Waals surface area contributed by atoms with Crippen LogP contribution in [-0.4, -0.2) is 38.6 Å². The molecule has 26 heavy (non-hydrogen) atoms. The van der Waals surface area contributed by atoms with Crippen LogP contribution in [0.2, 0.25) is 0 Å². The summed E-state index contributed by atoms with van der Waals surface area (Å²) in [7, 11) is -4.00. The van der Waals surface area contributed by atoms with Gasteiger partial charge in [0.1, 0.15) is 12.3 Å². The van der Waals surface area contributed by atoms with Crippen molar-refractivity contribution >= 4 is 27.7 Å². The van der Waals surface area contributed by atoms with E-state index in [1.165, 1.54) is 30.3 Å². The Morgan fingerprint density at radius 1 is 1.35 bits per heavy atom. The summed E-state index contributed by atoms with van der Waals surface area (Å²) >= 11 is 0. The van der Waals surface area contributed by atoms with Gasteiger partial charge in [0, 0.05) is 6.07 Å². The number of aromatic nitrogens is 1. The van der Waals surface area contributed by atoms with Gasteiger partial charge in [0.05, 0.1) is 16.5 Å². The molecule has 136 valence electrons. The number of aryl methyl sites for hydroxylation is 1. The van der Waals surface area contributed by atoms with Crippen molar-refractivity contribution in [1.82, 2.24) is 9.88 Å². The topological polar surface area (TPSA) is 151 Å². The molecule has 1 amide bonds. The third-order valence-corrected chi connectivity index (χ3v) is 4.34. The van der Waals surface area contributed by atoms with E-state index in [0.29, 0.717) is 5.76 Å². The van der Waals surface area contributed by atoms with Crippen LogP contribution in [0.5, 0.6) is 0 Å². The lowest BCUT2D eigenvalue weighted by atomic mass is 10.2. The van der Waals surface area contributed by atoms with Crippen molar-refractivity contribution in [2.24, 2.45) is 0 Å². The number of carbonyl (C=O) groups excluding carboxylic acids is 2. The van der Waals surface area contributed by atoms with E-state index in [4.69, 9.17) is 9.78 Å². The third-order valence-electron chi connectivity index (χ3n) is 2.94. The van der Waals surface area contributed by atoms with Crippen LogP contribution in [-0.2, 0) is 24.3 Å². The highest BCUT2D eigenvalue weighted by Crippen LogP contribution is 2.10. The average molecular weight is 378 g/mol. The first-order valence-electron chi connectivity index (χ1n) is 7.19. The standard InChI is InChI=1S/C15H14N4O6S/c1-10-5-13(19-25-10)18-14(20)9-24-15(21)8-17-26(22,23)12-4-2-3-11(6-12)7-16/h2-6,17H,8-9H2,1H3,(H,18,19,20). The van der Waals surface area contributed by atoms with Crippen LogP contribution in [0.1, 0.15) is 11.3 Å². The van der Waals surface area contributed by atoms with Crippen molar-refractivity contribution in [3.05, 3.63) is 41.7 Å². The highest BCUT2D eigenvalue weighted by Gasteiger charge is 2.17. The summed E-state index contributed by atoms with van der Waals surface area (Å²) in [5, 5.41) is 14.7. The van der Waals surface area contributed by atoms with E-state index < -0.39 is 35.1 Å². The van der Waals surface area contributed by atoms with Crippen molar-refractivity contribution in [3.8, 4) is 6.07 Å². The minimum atomic E-state index is -4.00. The van der Waals surface area contributed by atoms with E-state index in [1.54, 1.807) is 6.92 Å². The van der Waals surface area contributed by atoms with Gasteiger partial charge >= 0.3 is 5.97 Å². The second kappa shape index (κ2) is 8.24. The predicted octanol–water partition coefficient (Wildman–Crippen LogP) is 0.315. The smallest absolute Gasteiger partial charge is 0.321 e. The molecule has 0 aliphatic carbocycles. The zero-order valence-corrected chi connectivity index (χ0v) is 14.4. The number of benzene rings is 1. The molecule has 1 heterocycles. The minimum absolute atomic E-state index is 0.162. The second-order valence-corrected chi connectivity index (χ2v) is 6.76. The Morgan fingerprint density at radius 2 is 2.12 bits per heavy atom. The van der Waals surface area contributed by atoms with E-state index in [1.807, 2.05) is 10.8 Å². The van der Waals surface area contributed by atoms with Gasteiger partial charge in [-0.3, -0.25) is 9.59 Å². The molecule has 0 fully saturated rings. The number of nitrogens with zero attached hydrogens (tertiary/aromatic N) is 2. The van der Waals surface area contributed by atoms with Crippen molar-refractivity contribution < 1.29 is 27.3 Å². The largest absolute Gasteiger partial charge is 0.455 e. The molecule has 0 unspecified atom stereocenters. The first-order chi connectivity index (χ1) is 12.3. The Bertz CT molecular complexity index is 961. The van der Waals surface area contributed by atoms with Crippen LogP contribution < -0.4 is 10.0 Å². The summed E-state index contributed by atoms with van der Waals surface area (Å²) in [5.41, 5.74) is 0.162. The minimum Gasteiger partial charge on any atom is -0.455 e. The Labute approximate surface area is 148 Å². The number of nitriles is 1. The maximum absolute atomic E-state index is 12.1. The summed E-state index contributed by atoms with van der Waals surface area (Å²) in [5.74, 6) is -0.943. The van der Waals surface area contributed by atoms with Gasteiger partial charge in [-0.2, -0.15) is 9.98 Å². The zero-order chi connectivity index (χ0) is 19.2. The number of rotatable bonds is 7. The summed E-state index contributed by atoms with van der Waals surface area (Å²) in [6.45, 7) is 0.354. The number of amides is 1. The monoisotopic (exact) mass is 378 g/mol. The lowest BCUT2D eigenvalue weighted by Gasteiger charge is -2.07. The average Bonchev–Trinajstić information content (AvgIpc) is 3.03. The van der Waals surface area contributed by atoms with E-state index in [9.17, 15) is 18.0 Å². The van der Waals surface area contributed by atoms with Gasteiger partial charge in [-0.1, -0.05) is 11.2 Å². The first kappa shape index (κ1) is 19.1. The van der Waals surface area contributed by atoms with Crippen LogP contribution in [0.4, 0.5) is 5.82 Å². The lowest BCUT2D eigenvalue weighted by Crippen LogP contribution is -2.32. The van der Waals surface area contributed by atoms with Crippen molar-refractivity contribution in [2.45, 2.75) is 11.8 Å². The number of hydrogen-bond acceptors (Lipinski definition) is 8. The molecule has 0 saturated heterocycles. The maximum Gasteiger partial charge on any atom is 0.321 e. The molecule has 0 radical (unpaired) electrons. The van der Waals surface area contributed by atoms with Gasteiger partial charge < -0.3 is 14.6 Å². The van der Waals surface area contributed by atoms with Gasteiger partial charge in [-0.05, 0) is 25.1 Å². The molecule has 10 nitrogen and oxygen atoms in total. The highest BCUT2D eigenvalue weighted by molar-refractivity contribution is 7.89. The van der Waals surface area contributed by atoms with Crippen molar-refractivity contribution in [3.63, 3.8) is 0 Å².